The van der Waals surface area contributed by atoms with E-state index in [1.165, 1.54) is 0 Å². The Morgan fingerprint density at radius 3 is 2.76 bits per heavy atom. The summed E-state index contributed by atoms with van der Waals surface area (Å²) in [7, 11) is 1.98. The van der Waals surface area contributed by atoms with E-state index in [0.717, 1.165) is 6.54 Å². The van der Waals surface area contributed by atoms with Crippen molar-refractivity contribution in [3.8, 4) is 0 Å². The molecule has 1 aromatic carbocycles. The van der Waals surface area contributed by atoms with Gasteiger partial charge in [-0.2, -0.15) is 0 Å². The zero-order chi connectivity index (χ0) is 11.4. The first-order chi connectivity index (χ1) is 7.75. The van der Waals surface area contributed by atoms with Gasteiger partial charge < -0.3 is 9.47 Å². The molecule has 4 nitrogen and oxygen atoms in total. The number of halogens is 1. The van der Waals surface area contributed by atoms with Crippen molar-refractivity contribution in [2.75, 3.05) is 26.7 Å². The average Bonchev–Trinajstić information content (AvgIpc) is 2.30. The van der Waals surface area contributed by atoms with Crippen molar-refractivity contribution in [2.45, 2.75) is 6.29 Å². The number of esters is 1. The topological polar surface area (TPSA) is 38.8 Å². The van der Waals surface area contributed by atoms with Gasteiger partial charge in [0.15, 0.2) is 0 Å². The normalized spacial score (nSPS) is 20.4. The van der Waals surface area contributed by atoms with Crippen molar-refractivity contribution < 1.29 is 14.3 Å². The first-order valence-electron chi connectivity index (χ1n) is 5.32. The van der Waals surface area contributed by atoms with E-state index in [4.69, 9.17) is 9.47 Å². The fourth-order valence-corrected chi connectivity index (χ4v) is 1.57. The minimum atomic E-state index is -0.452. The summed E-state index contributed by atoms with van der Waals surface area (Å²) in [6.07, 6.45) is -0.452. The molecule has 0 unspecified atom stereocenters. The Balaban J connectivity index is 0.00000144. The average molecular weight is 258 g/mol. The molecular formula is C12H16ClNO3. The molecule has 0 aliphatic carbocycles. The van der Waals surface area contributed by atoms with E-state index in [1.54, 1.807) is 12.1 Å². The van der Waals surface area contributed by atoms with Gasteiger partial charge in [-0.15, -0.1) is 12.4 Å². The number of benzene rings is 1. The highest BCUT2D eigenvalue weighted by molar-refractivity contribution is 5.89. The molecule has 0 N–H and O–H groups in total. The SMILES string of the molecule is CN1CCO[C@@H](OC(=O)c2ccccc2)C1.Cl. The summed E-state index contributed by atoms with van der Waals surface area (Å²) in [6, 6.07) is 8.94. The predicted molar refractivity (Wildman–Crippen MR) is 66.3 cm³/mol. The quantitative estimate of drug-likeness (QED) is 0.754. The highest BCUT2D eigenvalue weighted by Crippen LogP contribution is 2.08. The summed E-state index contributed by atoms with van der Waals surface area (Å²) < 4.78 is 10.6. The van der Waals surface area contributed by atoms with Crippen molar-refractivity contribution in [1.29, 1.82) is 0 Å². The number of ether oxygens (including phenoxy) is 2. The molecule has 5 heteroatoms. The molecule has 0 radical (unpaired) electrons. The molecule has 1 aliphatic heterocycles. The lowest BCUT2D eigenvalue weighted by molar-refractivity contribution is -0.146. The molecule has 1 heterocycles. The number of carbonyl (C=O) groups is 1. The predicted octanol–water partition coefficient (Wildman–Crippen LogP) is 1.55. The van der Waals surface area contributed by atoms with Crippen molar-refractivity contribution in [3.05, 3.63) is 35.9 Å². The van der Waals surface area contributed by atoms with Crippen LogP contribution in [0.1, 0.15) is 10.4 Å². The molecule has 0 saturated carbocycles. The van der Waals surface area contributed by atoms with E-state index in [0.29, 0.717) is 18.7 Å². The maximum Gasteiger partial charge on any atom is 0.340 e. The van der Waals surface area contributed by atoms with Gasteiger partial charge in [0, 0.05) is 6.54 Å². The summed E-state index contributed by atoms with van der Waals surface area (Å²) in [4.78, 5) is 13.8. The van der Waals surface area contributed by atoms with E-state index in [1.807, 2.05) is 25.2 Å². The third kappa shape index (κ3) is 4.00. The van der Waals surface area contributed by atoms with Crippen molar-refractivity contribution in [2.24, 2.45) is 0 Å². The summed E-state index contributed by atoms with van der Waals surface area (Å²) in [5, 5.41) is 0. The van der Waals surface area contributed by atoms with E-state index in [-0.39, 0.29) is 18.4 Å². The van der Waals surface area contributed by atoms with Gasteiger partial charge in [0.2, 0.25) is 6.29 Å². The third-order valence-electron chi connectivity index (χ3n) is 2.49. The van der Waals surface area contributed by atoms with E-state index >= 15 is 0 Å². The van der Waals surface area contributed by atoms with Crippen LogP contribution < -0.4 is 0 Å². The van der Waals surface area contributed by atoms with Gasteiger partial charge in [0.25, 0.3) is 0 Å². The van der Waals surface area contributed by atoms with Gasteiger partial charge in [0.1, 0.15) is 0 Å². The van der Waals surface area contributed by atoms with Crippen molar-refractivity contribution >= 4 is 18.4 Å². The standard InChI is InChI=1S/C12H15NO3.ClH/c1-13-7-8-15-11(9-13)16-12(14)10-5-3-2-4-6-10;/h2-6,11H,7-9H2,1H3;1H/t11-;/m0./s1. The summed E-state index contributed by atoms with van der Waals surface area (Å²) >= 11 is 0. The van der Waals surface area contributed by atoms with Crippen LogP contribution in [0.25, 0.3) is 0 Å². The first kappa shape index (κ1) is 14.0. The second-order valence-electron chi connectivity index (χ2n) is 3.83. The van der Waals surface area contributed by atoms with Crippen LogP contribution in [0, 0.1) is 0 Å². The third-order valence-corrected chi connectivity index (χ3v) is 2.49. The Kier molecular flexibility index (Phi) is 5.41. The van der Waals surface area contributed by atoms with Crippen LogP contribution in [0.5, 0.6) is 0 Å². The highest BCUT2D eigenvalue weighted by Gasteiger charge is 2.21. The molecule has 0 bridgehead atoms. The van der Waals surface area contributed by atoms with Crippen LogP contribution in [-0.2, 0) is 9.47 Å². The zero-order valence-corrected chi connectivity index (χ0v) is 10.5. The minimum Gasteiger partial charge on any atom is -0.431 e. The van der Waals surface area contributed by atoms with Gasteiger partial charge >= 0.3 is 5.97 Å². The number of likely N-dealkylation sites (N-methyl/N-ethyl adjacent to an activating group) is 1. The number of hydrogen-bond acceptors (Lipinski definition) is 4. The second-order valence-corrected chi connectivity index (χ2v) is 3.83. The molecule has 2 rings (SSSR count). The second kappa shape index (κ2) is 6.59. The Morgan fingerprint density at radius 2 is 2.12 bits per heavy atom. The smallest absolute Gasteiger partial charge is 0.340 e. The molecule has 1 aromatic rings. The van der Waals surface area contributed by atoms with Crippen LogP contribution >= 0.6 is 12.4 Å². The Labute approximate surface area is 107 Å². The largest absolute Gasteiger partial charge is 0.431 e. The highest BCUT2D eigenvalue weighted by atomic mass is 35.5. The molecule has 1 saturated heterocycles. The van der Waals surface area contributed by atoms with Gasteiger partial charge in [0.05, 0.1) is 18.7 Å². The van der Waals surface area contributed by atoms with Crippen molar-refractivity contribution in [3.63, 3.8) is 0 Å². The van der Waals surface area contributed by atoms with Gasteiger partial charge in [-0.05, 0) is 19.2 Å². The molecule has 1 aliphatic rings. The minimum absolute atomic E-state index is 0. The number of nitrogens with zero attached hydrogens (tertiary/aromatic N) is 1. The lowest BCUT2D eigenvalue weighted by atomic mass is 10.2. The molecule has 1 fully saturated rings. The maximum atomic E-state index is 11.7. The van der Waals surface area contributed by atoms with E-state index < -0.39 is 6.29 Å². The summed E-state index contributed by atoms with van der Waals surface area (Å²) in [5.41, 5.74) is 0.555. The fourth-order valence-electron chi connectivity index (χ4n) is 1.57. The first-order valence-corrected chi connectivity index (χ1v) is 5.32. The lowest BCUT2D eigenvalue weighted by Gasteiger charge is -2.29. The molecule has 1 atom stereocenters. The Morgan fingerprint density at radius 1 is 1.41 bits per heavy atom. The van der Waals surface area contributed by atoms with Crippen LogP contribution in [0.3, 0.4) is 0 Å². The summed E-state index contributed by atoms with van der Waals surface area (Å²) in [6.45, 7) is 2.10. The Hall–Kier alpha value is -1.10. The van der Waals surface area contributed by atoms with Crippen LogP contribution in [-0.4, -0.2) is 43.9 Å². The molecule has 17 heavy (non-hydrogen) atoms. The fraction of sp³-hybridized carbons (Fsp3) is 0.417. The van der Waals surface area contributed by atoms with E-state index in [9.17, 15) is 4.79 Å². The molecule has 94 valence electrons. The number of morpholine rings is 1. The molecular weight excluding hydrogens is 242 g/mol. The Bertz CT molecular complexity index is 358. The number of hydrogen-bond donors (Lipinski definition) is 0. The van der Waals surface area contributed by atoms with Crippen molar-refractivity contribution in [1.82, 2.24) is 4.90 Å². The van der Waals surface area contributed by atoms with Crippen LogP contribution in [0.4, 0.5) is 0 Å². The van der Waals surface area contributed by atoms with Gasteiger partial charge in [-0.25, -0.2) is 4.79 Å². The van der Waals surface area contributed by atoms with Gasteiger partial charge in [-0.1, -0.05) is 18.2 Å². The monoisotopic (exact) mass is 257 g/mol. The van der Waals surface area contributed by atoms with Crippen LogP contribution in [0.2, 0.25) is 0 Å². The van der Waals surface area contributed by atoms with Crippen LogP contribution in [0.15, 0.2) is 30.3 Å². The maximum absolute atomic E-state index is 11.7. The van der Waals surface area contributed by atoms with Gasteiger partial charge in [-0.3, -0.25) is 4.90 Å². The molecule has 0 spiro atoms. The molecule has 0 aromatic heterocycles. The summed E-state index contributed by atoms with van der Waals surface area (Å²) in [5.74, 6) is -0.332. The number of carbonyl (C=O) groups excluding carboxylic acids is 1. The van der Waals surface area contributed by atoms with E-state index in [2.05, 4.69) is 4.90 Å². The zero-order valence-electron chi connectivity index (χ0n) is 9.67. The lowest BCUT2D eigenvalue weighted by Crippen LogP contribution is -2.42. The number of rotatable bonds is 2. The molecule has 0 amide bonds.